The van der Waals surface area contributed by atoms with Crippen LogP contribution in [0.4, 0.5) is 0 Å². The number of hydrogen-bond acceptors (Lipinski definition) is 0. The zero-order valence-electron chi connectivity index (χ0n) is 27.9. The lowest BCUT2D eigenvalue weighted by Crippen LogP contribution is -2.24. The van der Waals surface area contributed by atoms with Gasteiger partial charge in [-0.25, -0.2) is 0 Å². The Morgan fingerprint density at radius 3 is 1.50 bits per heavy atom. The zero-order chi connectivity index (χ0) is 32.4. The second-order valence-corrected chi connectivity index (χ2v) is 14.8. The number of hydrogen-bond donors (Lipinski definition) is 0. The van der Waals surface area contributed by atoms with E-state index in [0.29, 0.717) is 0 Å². The smallest absolute Gasteiger partial charge is 0.0162 e. The van der Waals surface area contributed by atoms with E-state index in [1.54, 1.807) is 0 Å². The predicted octanol–water partition coefficient (Wildman–Crippen LogP) is 13.1. The van der Waals surface area contributed by atoms with Gasteiger partial charge in [-0.1, -0.05) is 161 Å². The maximum atomic E-state index is 2.56. The molecule has 228 valence electrons. The van der Waals surface area contributed by atoms with Crippen molar-refractivity contribution in [1.82, 2.24) is 0 Å². The van der Waals surface area contributed by atoms with Gasteiger partial charge in [0.25, 0.3) is 0 Å². The Bertz CT molecular complexity index is 2610. The lowest BCUT2D eigenvalue weighted by Gasteiger charge is -2.31. The lowest BCUT2D eigenvalue weighted by molar-refractivity contribution is 0.601. The monoisotopic (exact) mass is 612 g/mol. The van der Waals surface area contributed by atoms with E-state index >= 15 is 0 Å². The van der Waals surface area contributed by atoms with Crippen molar-refractivity contribution in [2.75, 3.05) is 0 Å². The Kier molecular flexibility index (Phi) is 5.50. The van der Waals surface area contributed by atoms with Crippen molar-refractivity contribution in [3.8, 4) is 44.5 Å². The van der Waals surface area contributed by atoms with Crippen molar-refractivity contribution in [3.63, 3.8) is 0 Å². The summed E-state index contributed by atoms with van der Waals surface area (Å²) in [7, 11) is 0. The molecule has 0 heteroatoms. The van der Waals surface area contributed by atoms with Gasteiger partial charge in [0.2, 0.25) is 0 Å². The quantitative estimate of drug-likeness (QED) is 0.170. The molecule has 0 amide bonds. The van der Waals surface area contributed by atoms with Crippen LogP contribution >= 0.6 is 0 Å². The summed E-state index contributed by atoms with van der Waals surface area (Å²) in [6, 6.07) is 54.7. The van der Waals surface area contributed by atoms with Gasteiger partial charge in [-0.05, 0) is 111 Å². The molecular formula is C48H36. The first-order valence-corrected chi connectivity index (χ1v) is 17.2. The maximum absolute atomic E-state index is 2.56. The van der Waals surface area contributed by atoms with E-state index in [0.717, 1.165) is 0 Å². The average molecular weight is 613 g/mol. The second-order valence-electron chi connectivity index (χ2n) is 14.8. The molecule has 0 spiro atoms. The van der Waals surface area contributed by atoms with Gasteiger partial charge in [0.15, 0.2) is 0 Å². The van der Waals surface area contributed by atoms with Crippen LogP contribution in [0.2, 0.25) is 0 Å². The van der Waals surface area contributed by atoms with Crippen LogP contribution in [0.15, 0.2) is 146 Å². The van der Waals surface area contributed by atoms with Gasteiger partial charge >= 0.3 is 0 Å². The largest absolute Gasteiger partial charge is 0.0619 e. The summed E-state index contributed by atoms with van der Waals surface area (Å²) in [5.74, 6) is 0. The zero-order valence-corrected chi connectivity index (χ0v) is 27.9. The van der Waals surface area contributed by atoms with Crippen LogP contribution < -0.4 is 0 Å². The molecule has 10 rings (SSSR count). The first-order chi connectivity index (χ1) is 23.4. The van der Waals surface area contributed by atoms with Gasteiger partial charge in [-0.15, -0.1) is 0 Å². The molecule has 0 heterocycles. The Hall–Kier alpha value is -5.46. The van der Waals surface area contributed by atoms with Crippen molar-refractivity contribution >= 4 is 32.3 Å². The van der Waals surface area contributed by atoms with Crippen molar-refractivity contribution in [3.05, 3.63) is 168 Å². The normalized spacial score (nSPS) is 15.0. The Morgan fingerprint density at radius 2 is 0.833 bits per heavy atom. The van der Waals surface area contributed by atoms with Gasteiger partial charge in [0, 0.05) is 10.8 Å². The fourth-order valence-electron chi connectivity index (χ4n) is 9.50. The maximum Gasteiger partial charge on any atom is 0.0162 e. The van der Waals surface area contributed by atoms with Crippen LogP contribution in [0.25, 0.3) is 76.8 Å². The molecular weight excluding hydrogens is 577 g/mol. The standard InChI is InChI=1S/C48H36/c1-47(2)40-23-13-11-17-32(40)38-28-39(44-37-22-12-14-24-41(37)48(3,4)46(44)45(38)47)43-35-20-9-7-18-33(35)42(34-19-8-10-21-36(34)43)31-26-25-29-15-5-6-16-30(29)27-31/h5-28H,1-4H3. The molecule has 8 aromatic rings. The van der Waals surface area contributed by atoms with E-state index in [-0.39, 0.29) is 10.8 Å². The number of benzene rings is 8. The molecule has 0 nitrogen and oxygen atoms in total. The van der Waals surface area contributed by atoms with Crippen LogP contribution in [0, 0.1) is 0 Å². The van der Waals surface area contributed by atoms with Crippen LogP contribution in [0.3, 0.4) is 0 Å². The van der Waals surface area contributed by atoms with Crippen molar-refractivity contribution < 1.29 is 0 Å². The van der Waals surface area contributed by atoms with E-state index in [9.17, 15) is 0 Å². The molecule has 0 N–H and O–H groups in total. The lowest BCUT2D eigenvalue weighted by atomic mass is 9.71. The summed E-state index contributed by atoms with van der Waals surface area (Å²) in [6.07, 6.45) is 0. The third kappa shape index (κ3) is 3.50. The minimum atomic E-state index is -0.137. The molecule has 0 aromatic heterocycles. The van der Waals surface area contributed by atoms with Crippen molar-refractivity contribution in [1.29, 1.82) is 0 Å². The van der Waals surface area contributed by atoms with E-state index in [4.69, 9.17) is 0 Å². The summed E-state index contributed by atoms with van der Waals surface area (Å²) in [5.41, 5.74) is 16.4. The average Bonchev–Trinajstić information content (AvgIpc) is 3.49. The SMILES string of the molecule is CC1(C)c2ccccc2-c2cc(-c3c4ccccc4c(-c4ccc5ccccc5c4)c4ccccc34)c3c(c21)C(C)(C)c1ccccc1-3. The van der Waals surface area contributed by atoms with E-state index < -0.39 is 0 Å². The van der Waals surface area contributed by atoms with Gasteiger partial charge < -0.3 is 0 Å². The summed E-state index contributed by atoms with van der Waals surface area (Å²) in [5, 5.41) is 7.72. The highest BCUT2D eigenvalue weighted by Gasteiger charge is 2.47. The fraction of sp³-hybridized carbons (Fsp3) is 0.125. The van der Waals surface area contributed by atoms with Crippen LogP contribution in [0.1, 0.15) is 49.9 Å². The molecule has 0 fully saturated rings. The first-order valence-electron chi connectivity index (χ1n) is 17.2. The predicted molar refractivity (Wildman–Crippen MR) is 205 cm³/mol. The molecule has 0 bridgehead atoms. The summed E-state index contributed by atoms with van der Waals surface area (Å²) in [4.78, 5) is 0. The van der Waals surface area contributed by atoms with Gasteiger partial charge in [0.05, 0.1) is 0 Å². The highest BCUT2D eigenvalue weighted by Crippen LogP contribution is 2.62. The summed E-state index contributed by atoms with van der Waals surface area (Å²) < 4.78 is 0. The Balaban J connectivity index is 1.39. The highest BCUT2D eigenvalue weighted by molar-refractivity contribution is 6.23. The molecule has 0 atom stereocenters. The first kappa shape index (κ1) is 27.6. The third-order valence-electron chi connectivity index (χ3n) is 11.6. The van der Waals surface area contributed by atoms with Crippen molar-refractivity contribution in [2.24, 2.45) is 0 Å². The molecule has 0 saturated heterocycles. The molecule has 2 aliphatic rings. The van der Waals surface area contributed by atoms with Crippen LogP contribution in [-0.2, 0) is 10.8 Å². The summed E-state index contributed by atoms with van der Waals surface area (Å²) >= 11 is 0. The molecule has 48 heavy (non-hydrogen) atoms. The highest BCUT2D eigenvalue weighted by atomic mass is 14.5. The van der Waals surface area contributed by atoms with Gasteiger partial charge in [-0.2, -0.15) is 0 Å². The minimum absolute atomic E-state index is 0.0993. The van der Waals surface area contributed by atoms with E-state index in [2.05, 4.69) is 173 Å². The van der Waals surface area contributed by atoms with Crippen LogP contribution in [-0.4, -0.2) is 0 Å². The van der Waals surface area contributed by atoms with Gasteiger partial charge in [-0.3, -0.25) is 0 Å². The number of rotatable bonds is 2. The topological polar surface area (TPSA) is 0 Å². The number of fused-ring (bicyclic) bond motifs is 10. The molecule has 0 radical (unpaired) electrons. The molecule has 0 unspecified atom stereocenters. The second kappa shape index (κ2) is 9.55. The Morgan fingerprint density at radius 1 is 0.333 bits per heavy atom. The molecule has 0 saturated carbocycles. The van der Waals surface area contributed by atoms with E-state index in [1.165, 1.54) is 99.1 Å². The molecule has 8 aromatic carbocycles. The molecule has 2 aliphatic carbocycles. The summed E-state index contributed by atoms with van der Waals surface area (Å²) in [6.45, 7) is 9.75. The minimum Gasteiger partial charge on any atom is -0.0619 e. The van der Waals surface area contributed by atoms with Gasteiger partial charge in [0.1, 0.15) is 0 Å². The van der Waals surface area contributed by atoms with E-state index in [1.807, 2.05) is 0 Å². The van der Waals surface area contributed by atoms with Crippen LogP contribution in [0.5, 0.6) is 0 Å². The third-order valence-corrected chi connectivity index (χ3v) is 11.6. The fourth-order valence-corrected chi connectivity index (χ4v) is 9.50. The Labute approximate surface area is 282 Å². The van der Waals surface area contributed by atoms with Crippen molar-refractivity contribution in [2.45, 2.75) is 38.5 Å². The molecule has 0 aliphatic heterocycles.